The van der Waals surface area contributed by atoms with Crippen LogP contribution in [0.3, 0.4) is 0 Å². The zero-order valence-electron chi connectivity index (χ0n) is 67.1. The first-order valence-corrected chi connectivity index (χ1v) is 41.6. The zero-order chi connectivity index (χ0) is 83.4. The number of imidazole rings is 1. The lowest BCUT2D eigenvalue weighted by Crippen LogP contribution is -2.38. The minimum atomic E-state index is -2.46. The Hall–Kier alpha value is -11.3. The number of carbonyl (C=O) groups excluding carboxylic acids is 4. The summed E-state index contributed by atoms with van der Waals surface area (Å²) in [6.45, 7) is 8.22. The van der Waals surface area contributed by atoms with Crippen molar-refractivity contribution in [1.82, 2.24) is 44.0 Å². The Morgan fingerprint density at radius 3 is 1.84 bits per heavy atom. The summed E-state index contributed by atoms with van der Waals surface area (Å²) in [7, 11) is 0.450. The van der Waals surface area contributed by atoms with Crippen molar-refractivity contribution in [2.45, 2.75) is 140 Å². The lowest BCUT2D eigenvalue weighted by molar-refractivity contribution is -0.120. The molecule has 0 spiro atoms. The number of nitrogens with one attached hydrogen (secondary N) is 3. The Morgan fingerprint density at radius 1 is 0.630 bits per heavy atom. The number of carbonyl (C=O) groups is 4. The first-order chi connectivity index (χ1) is 57.9. The Bertz CT molecular complexity index is 5130. The van der Waals surface area contributed by atoms with E-state index < -0.39 is 83.2 Å². The number of methoxy groups -OCH3 is 2. The molecule has 4 unspecified atom stereocenters. The van der Waals surface area contributed by atoms with Gasteiger partial charge in [0.15, 0.2) is 17.0 Å². The van der Waals surface area contributed by atoms with E-state index in [4.69, 9.17) is 56.0 Å². The summed E-state index contributed by atoms with van der Waals surface area (Å²) >= 11 is 0. The van der Waals surface area contributed by atoms with Crippen LogP contribution in [0.25, 0.3) is 22.3 Å². The van der Waals surface area contributed by atoms with Gasteiger partial charge >= 0.3 is 20.4 Å². The van der Waals surface area contributed by atoms with Gasteiger partial charge in [0.2, 0.25) is 11.8 Å². The molecule has 0 saturated carbocycles. The van der Waals surface area contributed by atoms with E-state index in [1.807, 2.05) is 161 Å². The lowest BCUT2D eigenvalue weighted by Gasteiger charge is -2.37. The molecule has 10 aromatic rings. The summed E-state index contributed by atoms with van der Waals surface area (Å²) in [6.07, 6.45) is -1.05. The molecule has 119 heavy (non-hydrogen) atoms. The van der Waals surface area contributed by atoms with E-state index in [2.05, 4.69) is 72.0 Å². The second kappa shape index (κ2) is 40.9. The van der Waals surface area contributed by atoms with Gasteiger partial charge in [-0.3, -0.25) is 23.5 Å². The third-order valence-electron chi connectivity index (χ3n) is 20.6. The smallest absolute Gasteiger partial charge is 0.409 e. The molecular weight excluding hydrogens is 1560 g/mol. The number of ether oxygens (including phenoxy) is 6. The number of anilines is 2. The number of amides is 4. The van der Waals surface area contributed by atoms with Crippen LogP contribution >= 0.6 is 17.1 Å². The fourth-order valence-corrected chi connectivity index (χ4v) is 17.7. The summed E-state index contributed by atoms with van der Waals surface area (Å²) in [5.74, 6) is 0.229. The minimum Gasteiger partial charge on any atom is -0.497 e. The highest BCUT2D eigenvalue weighted by Crippen LogP contribution is 2.53. The standard InChI is InChI=1S/C88H95N13O16P2/c1-58(2)101(59(3)4)118(111-47-19-43-89)116-73-50-80(99-46-42-77(96-86(99)105)95-78(102)29-18-45-98(5)87(106)109-53-72-70-27-16-14-25-68(70)69-26-15-17-28-71(69)72)115-76(73)55-113-119(112-48-20-44-90)117-74-51-81(114-75(74)54-110-88(63-23-12-9-13-24-63,64-34-38-66(107-6)39-35-64)65-36-40-67(108-7)41-37-65)100-57-94-82-83(92-56-93-84(82)100)97-85(104)62-32-30-61(31-33-62)52-91-79(103)49-60-21-10-8-11-22-60/h8-17,21-28,30-42,46,56-59,72-76,80-81H,18-20,29,45,47-55H2,1-7H3,(H,91,103)(H,92,93,97,104)(H,95,96,102,105)/t73?,74?,75-,76-,80-,81-,118?,119?/m1/s1. The van der Waals surface area contributed by atoms with Crippen molar-refractivity contribution in [1.29, 1.82) is 10.5 Å². The normalized spacial score (nSPS) is 17.4. The van der Waals surface area contributed by atoms with Crippen LogP contribution in [0, 0.1) is 22.7 Å². The highest BCUT2D eigenvalue weighted by atomic mass is 31.2. The number of nitrogens with zero attached hydrogens (tertiary/aromatic N) is 10. The highest BCUT2D eigenvalue weighted by Gasteiger charge is 2.47. The van der Waals surface area contributed by atoms with E-state index in [0.717, 1.165) is 50.1 Å². The van der Waals surface area contributed by atoms with Gasteiger partial charge in [0, 0.05) is 69.2 Å². The van der Waals surface area contributed by atoms with Crippen molar-refractivity contribution < 1.29 is 70.2 Å². The SMILES string of the molecule is COc1ccc(C(OC[C@H]2O[C@@H](n3cnc4c(NC(=O)c5ccc(CNC(=O)Cc6ccccc6)cc5)ncnc43)CC2OP(OCCC#N)OC[C@H]2O[C@@H](n3ccc(NC(=O)CCCN(C)C(=O)OCC4c5ccccc5-c5ccccc54)nc3=O)CC2OP(OCCC#N)N(C(C)C)C(C)C)(c2ccccc2)c2ccc(OC)cc2)cc1. The number of fused-ring (bicyclic) bond motifs is 4. The minimum absolute atomic E-state index is 0.000695. The van der Waals surface area contributed by atoms with Gasteiger partial charge in [0.05, 0.1) is 90.6 Å². The zero-order valence-corrected chi connectivity index (χ0v) is 68.9. The van der Waals surface area contributed by atoms with Crippen molar-refractivity contribution in [2.75, 3.05) is 71.5 Å². The van der Waals surface area contributed by atoms with E-state index in [1.165, 1.54) is 28.1 Å². The second-order valence-corrected chi connectivity index (χ2v) is 31.7. The van der Waals surface area contributed by atoms with Crippen LogP contribution in [0.5, 0.6) is 11.5 Å². The van der Waals surface area contributed by atoms with E-state index in [9.17, 15) is 34.5 Å². The third kappa shape index (κ3) is 21.1. The molecule has 618 valence electrons. The molecule has 3 aliphatic rings. The predicted octanol–water partition coefficient (Wildman–Crippen LogP) is 14.6. The lowest BCUT2D eigenvalue weighted by atomic mass is 9.80. The molecule has 31 heteroatoms. The highest BCUT2D eigenvalue weighted by molar-refractivity contribution is 7.44. The van der Waals surface area contributed by atoms with Gasteiger partial charge in [-0.05, 0) is 127 Å². The summed E-state index contributed by atoms with van der Waals surface area (Å²) in [5.41, 5.74) is 7.20. The Balaban J connectivity index is 0.746. The number of hydrogen-bond donors (Lipinski definition) is 3. The Morgan fingerprint density at radius 2 is 1.22 bits per heavy atom. The molecule has 7 aromatic carbocycles. The Labute approximate surface area is 692 Å². The van der Waals surface area contributed by atoms with E-state index >= 15 is 0 Å². The van der Waals surface area contributed by atoms with Gasteiger partial charge in [0.25, 0.3) is 14.4 Å². The average Bonchev–Trinajstić information content (AvgIpc) is 1.77. The molecule has 4 amide bonds. The fourth-order valence-electron chi connectivity index (χ4n) is 14.8. The van der Waals surface area contributed by atoms with Gasteiger partial charge in [0.1, 0.15) is 60.5 Å². The summed E-state index contributed by atoms with van der Waals surface area (Å²) in [5, 5.41) is 28.2. The first kappa shape index (κ1) is 85.6. The second-order valence-electron chi connectivity index (χ2n) is 29.2. The predicted molar refractivity (Wildman–Crippen MR) is 445 cm³/mol. The molecule has 0 radical (unpaired) electrons. The van der Waals surface area contributed by atoms with Crippen molar-refractivity contribution in [3.63, 3.8) is 0 Å². The molecule has 0 bridgehead atoms. The van der Waals surface area contributed by atoms with Gasteiger partial charge < -0.3 is 71.9 Å². The quantitative estimate of drug-likeness (QED) is 0.0183. The molecule has 5 heterocycles. The van der Waals surface area contributed by atoms with Gasteiger partial charge in [-0.15, -0.1) is 0 Å². The molecule has 13 rings (SSSR count). The van der Waals surface area contributed by atoms with Crippen molar-refractivity contribution >= 4 is 63.7 Å². The van der Waals surface area contributed by atoms with Crippen molar-refractivity contribution in [3.8, 4) is 34.8 Å². The molecule has 29 nitrogen and oxygen atoms in total. The maximum atomic E-state index is 14.3. The molecule has 3 aromatic heterocycles. The number of hydrogen-bond acceptors (Lipinski definition) is 23. The van der Waals surface area contributed by atoms with Crippen LogP contribution in [0.4, 0.5) is 16.4 Å². The van der Waals surface area contributed by atoms with Gasteiger partial charge in [-0.1, -0.05) is 146 Å². The molecule has 3 N–H and O–H groups in total. The molecule has 8 atom stereocenters. The molecule has 1 aliphatic carbocycles. The maximum absolute atomic E-state index is 14.3. The van der Waals surface area contributed by atoms with Crippen LogP contribution in [0.15, 0.2) is 212 Å². The number of rotatable bonds is 39. The molecular formula is C88H95N13O16P2. The fraction of sp³-hybridized carbons (Fsp3) is 0.352. The topological polar surface area (TPSA) is 338 Å². The number of benzene rings is 7. The first-order valence-electron chi connectivity index (χ1n) is 39.4. The van der Waals surface area contributed by atoms with Crippen LogP contribution in [-0.4, -0.2) is 160 Å². The molecule has 2 fully saturated rings. The largest absolute Gasteiger partial charge is 0.497 e. The van der Waals surface area contributed by atoms with E-state index in [0.29, 0.717) is 22.7 Å². The van der Waals surface area contributed by atoms with Crippen molar-refractivity contribution in [2.24, 2.45) is 0 Å². The van der Waals surface area contributed by atoms with Gasteiger partial charge in [-0.2, -0.15) is 15.5 Å². The summed E-state index contributed by atoms with van der Waals surface area (Å²) in [6, 6.07) is 63.1. The van der Waals surface area contributed by atoms with Crippen molar-refractivity contribution in [3.05, 3.63) is 262 Å². The summed E-state index contributed by atoms with van der Waals surface area (Å²) < 4.78 is 77.5. The molecule has 2 saturated heterocycles. The molecule has 2 aliphatic heterocycles. The van der Waals surface area contributed by atoms with Gasteiger partial charge in [-0.25, -0.2) is 29.2 Å². The number of nitriles is 2. The Kier molecular flexibility index (Phi) is 29.4. The number of aromatic nitrogens is 6. The van der Waals surface area contributed by atoms with E-state index in [1.54, 1.807) is 56.4 Å². The van der Waals surface area contributed by atoms with Crippen LogP contribution in [0.2, 0.25) is 0 Å². The summed E-state index contributed by atoms with van der Waals surface area (Å²) in [4.78, 5) is 87.5. The van der Waals surface area contributed by atoms with Crippen LogP contribution < -0.4 is 31.1 Å². The average molecular weight is 1650 g/mol. The maximum Gasteiger partial charge on any atom is 0.409 e. The van der Waals surface area contributed by atoms with E-state index in [-0.39, 0.29) is 132 Å². The van der Waals surface area contributed by atoms with Crippen LogP contribution in [0.1, 0.15) is 134 Å². The third-order valence-corrected chi connectivity index (χ3v) is 24.0. The monoisotopic (exact) mass is 1650 g/mol. The van der Waals surface area contributed by atoms with Crippen LogP contribution in [-0.2, 0) is 69.7 Å².